The van der Waals surface area contributed by atoms with E-state index in [0.29, 0.717) is 26.2 Å². The molecule has 1 amide bonds. The van der Waals surface area contributed by atoms with Crippen LogP contribution in [0.2, 0.25) is 0 Å². The standard InChI is InChI=1S/C13H18N4O3/c14-10(9-12(18)19)13(20)17-7-5-16(6-8-17)11-3-1-2-4-15-11/h1-4,10H,5-9,14H2,(H,18,19). The van der Waals surface area contributed by atoms with E-state index >= 15 is 0 Å². The van der Waals surface area contributed by atoms with Crippen LogP contribution in [-0.4, -0.2) is 59.1 Å². The lowest BCUT2D eigenvalue weighted by molar-refractivity contribution is -0.142. The SMILES string of the molecule is NC(CC(=O)O)C(=O)N1CCN(c2ccccn2)CC1. The maximum atomic E-state index is 12.0. The molecule has 2 heterocycles. The van der Waals surface area contributed by atoms with Gasteiger partial charge in [-0.1, -0.05) is 6.07 Å². The lowest BCUT2D eigenvalue weighted by atomic mass is 10.1. The molecule has 20 heavy (non-hydrogen) atoms. The van der Waals surface area contributed by atoms with Gasteiger partial charge in [-0.2, -0.15) is 0 Å². The molecule has 1 aliphatic rings. The molecule has 1 aromatic heterocycles. The second kappa shape index (κ2) is 6.33. The van der Waals surface area contributed by atoms with Crippen molar-refractivity contribution in [2.75, 3.05) is 31.1 Å². The smallest absolute Gasteiger partial charge is 0.305 e. The molecule has 1 atom stereocenters. The van der Waals surface area contributed by atoms with E-state index < -0.39 is 12.0 Å². The second-order valence-corrected chi connectivity index (χ2v) is 4.70. The topological polar surface area (TPSA) is 99.8 Å². The summed E-state index contributed by atoms with van der Waals surface area (Å²) in [5.41, 5.74) is 5.60. The van der Waals surface area contributed by atoms with Gasteiger partial charge in [0.25, 0.3) is 0 Å². The largest absolute Gasteiger partial charge is 0.481 e. The monoisotopic (exact) mass is 278 g/mol. The third kappa shape index (κ3) is 3.45. The van der Waals surface area contributed by atoms with Gasteiger partial charge in [0.1, 0.15) is 5.82 Å². The number of aliphatic carboxylic acids is 1. The van der Waals surface area contributed by atoms with Crippen LogP contribution in [-0.2, 0) is 9.59 Å². The summed E-state index contributed by atoms with van der Waals surface area (Å²) in [5.74, 6) is -0.472. The summed E-state index contributed by atoms with van der Waals surface area (Å²) in [6.07, 6.45) is 1.40. The molecule has 0 bridgehead atoms. The van der Waals surface area contributed by atoms with Gasteiger partial charge in [-0.3, -0.25) is 9.59 Å². The molecule has 0 spiro atoms. The number of anilines is 1. The molecule has 1 unspecified atom stereocenters. The average Bonchev–Trinajstić information content (AvgIpc) is 2.47. The van der Waals surface area contributed by atoms with E-state index in [4.69, 9.17) is 10.8 Å². The lowest BCUT2D eigenvalue weighted by Crippen LogP contribution is -2.53. The van der Waals surface area contributed by atoms with Gasteiger partial charge < -0.3 is 20.6 Å². The maximum absolute atomic E-state index is 12.0. The molecule has 0 aliphatic carbocycles. The zero-order valence-electron chi connectivity index (χ0n) is 11.1. The number of hydrogen-bond acceptors (Lipinski definition) is 5. The third-order valence-electron chi connectivity index (χ3n) is 3.28. The first-order chi connectivity index (χ1) is 9.58. The van der Waals surface area contributed by atoms with Crippen LogP contribution in [0, 0.1) is 0 Å². The number of nitrogens with zero attached hydrogens (tertiary/aromatic N) is 3. The highest BCUT2D eigenvalue weighted by Crippen LogP contribution is 2.13. The molecule has 1 aliphatic heterocycles. The van der Waals surface area contributed by atoms with Crippen LogP contribution in [0.15, 0.2) is 24.4 Å². The maximum Gasteiger partial charge on any atom is 0.305 e. The molecule has 3 N–H and O–H groups in total. The molecule has 108 valence electrons. The van der Waals surface area contributed by atoms with Gasteiger partial charge in [0.15, 0.2) is 0 Å². The van der Waals surface area contributed by atoms with Crippen LogP contribution >= 0.6 is 0 Å². The molecule has 1 saturated heterocycles. The number of aromatic nitrogens is 1. The molecule has 0 saturated carbocycles. The Bertz CT molecular complexity index is 472. The highest BCUT2D eigenvalue weighted by molar-refractivity contribution is 5.86. The Hall–Kier alpha value is -2.15. The van der Waals surface area contributed by atoms with Crippen LogP contribution < -0.4 is 10.6 Å². The minimum atomic E-state index is -1.06. The molecular weight excluding hydrogens is 260 g/mol. The number of piperazine rings is 1. The Kier molecular flexibility index (Phi) is 4.52. The first kappa shape index (κ1) is 14.3. The normalized spacial score (nSPS) is 16.9. The van der Waals surface area contributed by atoms with Gasteiger partial charge in [0, 0.05) is 32.4 Å². The fourth-order valence-corrected chi connectivity index (χ4v) is 2.21. The van der Waals surface area contributed by atoms with E-state index in [9.17, 15) is 9.59 Å². The van der Waals surface area contributed by atoms with Crippen molar-refractivity contribution in [1.29, 1.82) is 0 Å². The van der Waals surface area contributed by atoms with Crippen LogP contribution in [0.3, 0.4) is 0 Å². The van der Waals surface area contributed by atoms with Gasteiger partial charge in [0.2, 0.25) is 5.91 Å². The summed E-state index contributed by atoms with van der Waals surface area (Å²) in [6.45, 7) is 2.40. The summed E-state index contributed by atoms with van der Waals surface area (Å²) >= 11 is 0. The van der Waals surface area contributed by atoms with Crippen LogP contribution in [0.1, 0.15) is 6.42 Å². The van der Waals surface area contributed by atoms with E-state index in [2.05, 4.69) is 9.88 Å². The van der Waals surface area contributed by atoms with Crippen molar-refractivity contribution < 1.29 is 14.7 Å². The number of hydrogen-bond donors (Lipinski definition) is 2. The summed E-state index contributed by atoms with van der Waals surface area (Å²) in [4.78, 5) is 30.5. The van der Waals surface area contributed by atoms with E-state index in [-0.39, 0.29) is 12.3 Å². The molecule has 1 fully saturated rings. The fraction of sp³-hybridized carbons (Fsp3) is 0.462. The van der Waals surface area contributed by atoms with E-state index in [0.717, 1.165) is 5.82 Å². The molecule has 2 rings (SSSR count). The molecular formula is C13H18N4O3. The van der Waals surface area contributed by atoms with Crippen molar-refractivity contribution in [3.8, 4) is 0 Å². The summed E-state index contributed by atoms with van der Waals surface area (Å²) in [6, 6.07) is 4.73. The summed E-state index contributed by atoms with van der Waals surface area (Å²) in [7, 11) is 0. The summed E-state index contributed by atoms with van der Waals surface area (Å²) in [5, 5.41) is 8.65. The first-order valence-corrected chi connectivity index (χ1v) is 6.50. The van der Waals surface area contributed by atoms with Crippen molar-refractivity contribution >= 4 is 17.7 Å². The van der Waals surface area contributed by atoms with E-state index in [1.807, 2.05) is 18.2 Å². The predicted molar refractivity (Wildman–Crippen MR) is 73.3 cm³/mol. The van der Waals surface area contributed by atoms with E-state index in [1.54, 1.807) is 11.1 Å². The second-order valence-electron chi connectivity index (χ2n) is 4.70. The Balaban J connectivity index is 1.88. The number of carbonyl (C=O) groups excluding carboxylic acids is 1. The minimum absolute atomic E-state index is 0.298. The number of carbonyl (C=O) groups is 2. The van der Waals surface area contributed by atoms with Crippen molar-refractivity contribution in [1.82, 2.24) is 9.88 Å². The van der Waals surface area contributed by atoms with Gasteiger partial charge >= 0.3 is 5.97 Å². The van der Waals surface area contributed by atoms with Gasteiger partial charge in [-0.25, -0.2) is 4.98 Å². The molecule has 0 aromatic carbocycles. The Morgan fingerprint density at radius 2 is 2.00 bits per heavy atom. The highest BCUT2D eigenvalue weighted by Gasteiger charge is 2.26. The van der Waals surface area contributed by atoms with E-state index in [1.165, 1.54) is 0 Å². The van der Waals surface area contributed by atoms with Crippen molar-refractivity contribution in [2.45, 2.75) is 12.5 Å². The van der Waals surface area contributed by atoms with Gasteiger partial charge in [0.05, 0.1) is 12.5 Å². The summed E-state index contributed by atoms with van der Waals surface area (Å²) < 4.78 is 0. The minimum Gasteiger partial charge on any atom is -0.481 e. The van der Waals surface area contributed by atoms with Crippen molar-refractivity contribution in [3.63, 3.8) is 0 Å². The zero-order valence-corrected chi connectivity index (χ0v) is 11.1. The number of nitrogens with two attached hydrogens (primary N) is 1. The van der Waals surface area contributed by atoms with Gasteiger partial charge in [-0.05, 0) is 12.1 Å². The number of carboxylic acid groups (broad SMARTS) is 1. The van der Waals surface area contributed by atoms with Gasteiger partial charge in [-0.15, -0.1) is 0 Å². The van der Waals surface area contributed by atoms with Crippen molar-refractivity contribution in [2.24, 2.45) is 5.73 Å². The first-order valence-electron chi connectivity index (χ1n) is 6.50. The lowest BCUT2D eigenvalue weighted by Gasteiger charge is -2.36. The molecule has 1 aromatic rings. The van der Waals surface area contributed by atoms with Crippen LogP contribution in [0.5, 0.6) is 0 Å². The predicted octanol–water partition coefficient (Wildman–Crippen LogP) is -0.468. The number of carboxylic acids is 1. The third-order valence-corrected chi connectivity index (χ3v) is 3.28. The Morgan fingerprint density at radius 3 is 2.55 bits per heavy atom. The average molecular weight is 278 g/mol. The fourth-order valence-electron chi connectivity index (χ4n) is 2.21. The van der Waals surface area contributed by atoms with Crippen LogP contribution in [0.4, 0.5) is 5.82 Å². The molecule has 7 heteroatoms. The highest BCUT2D eigenvalue weighted by atomic mass is 16.4. The zero-order chi connectivity index (χ0) is 14.5. The number of pyridine rings is 1. The molecule has 7 nitrogen and oxygen atoms in total. The molecule has 0 radical (unpaired) electrons. The van der Waals surface area contributed by atoms with Crippen LogP contribution in [0.25, 0.3) is 0 Å². The number of rotatable bonds is 4. The quantitative estimate of drug-likeness (QED) is 0.772. The van der Waals surface area contributed by atoms with Crippen molar-refractivity contribution in [3.05, 3.63) is 24.4 Å². The Labute approximate surface area is 117 Å². The Morgan fingerprint density at radius 1 is 1.30 bits per heavy atom. The number of amides is 1.